The number of hydrogen-bond acceptors (Lipinski definition) is 4. The van der Waals surface area contributed by atoms with Crippen molar-refractivity contribution in [1.29, 1.82) is 0 Å². The highest BCUT2D eigenvalue weighted by molar-refractivity contribution is 7.11. The molecule has 0 unspecified atom stereocenters. The van der Waals surface area contributed by atoms with Gasteiger partial charge >= 0.3 is 6.03 Å². The zero-order chi connectivity index (χ0) is 16.8. The number of carbonyl (C=O) groups is 1. The lowest BCUT2D eigenvalue weighted by atomic mass is 10.1. The number of morpholine rings is 1. The van der Waals surface area contributed by atoms with Gasteiger partial charge in [0.15, 0.2) is 0 Å². The van der Waals surface area contributed by atoms with Crippen LogP contribution in [0.2, 0.25) is 0 Å². The molecule has 0 radical (unpaired) electrons. The molecule has 0 spiro atoms. The van der Waals surface area contributed by atoms with Gasteiger partial charge in [-0.25, -0.2) is 9.78 Å². The summed E-state index contributed by atoms with van der Waals surface area (Å²) in [7, 11) is 0. The number of benzene rings is 1. The SMILES string of the molecule is Cc1cnc(CCNC(=O)N2CCO[C@H](Cc3ccccc3)C2)s1. The molecule has 0 aliphatic carbocycles. The van der Waals surface area contributed by atoms with Crippen LogP contribution < -0.4 is 5.32 Å². The number of carbonyl (C=O) groups excluding carboxylic acids is 1. The van der Waals surface area contributed by atoms with Crippen LogP contribution >= 0.6 is 11.3 Å². The number of aromatic nitrogens is 1. The van der Waals surface area contributed by atoms with Gasteiger partial charge in [-0.1, -0.05) is 30.3 Å². The lowest BCUT2D eigenvalue weighted by Gasteiger charge is -2.33. The standard InChI is InChI=1S/C18H23N3O2S/c1-14-12-20-17(24-14)7-8-19-18(22)21-9-10-23-16(13-21)11-15-5-3-2-4-6-15/h2-6,12,16H,7-11,13H2,1H3,(H,19,22)/t16-/m1/s1. The number of aryl methyl sites for hydroxylation is 1. The molecule has 2 aromatic rings. The van der Waals surface area contributed by atoms with Crippen molar-refractivity contribution < 1.29 is 9.53 Å². The van der Waals surface area contributed by atoms with Gasteiger partial charge in [0.25, 0.3) is 0 Å². The summed E-state index contributed by atoms with van der Waals surface area (Å²) >= 11 is 1.68. The monoisotopic (exact) mass is 345 g/mol. The third-order valence-electron chi connectivity index (χ3n) is 4.02. The summed E-state index contributed by atoms with van der Waals surface area (Å²) in [6.07, 6.45) is 3.55. The van der Waals surface area contributed by atoms with Gasteiger partial charge in [-0.05, 0) is 12.5 Å². The van der Waals surface area contributed by atoms with Gasteiger partial charge < -0.3 is 15.0 Å². The van der Waals surface area contributed by atoms with Crippen molar-refractivity contribution in [1.82, 2.24) is 15.2 Å². The van der Waals surface area contributed by atoms with Gasteiger partial charge in [0.05, 0.1) is 17.7 Å². The zero-order valence-electron chi connectivity index (χ0n) is 13.9. The molecule has 5 nitrogen and oxygen atoms in total. The van der Waals surface area contributed by atoms with Crippen molar-refractivity contribution in [3.63, 3.8) is 0 Å². The predicted octanol–water partition coefficient (Wildman–Crippen LogP) is 2.65. The largest absolute Gasteiger partial charge is 0.374 e. The Bertz CT molecular complexity index is 659. The normalized spacial score (nSPS) is 17.7. The van der Waals surface area contributed by atoms with Crippen LogP contribution in [0.5, 0.6) is 0 Å². The molecule has 1 aromatic carbocycles. The summed E-state index contributed by atoms with van der Waals surface area (Å²) in [5.74, 6) is 0. The number of amides is 2. The molecule has 2 heterocycles. The van der Waals surface area contributed by atoms with Crippen LogP contribution in [0.1, 0.15) is 15.4 Å². The second kappa shape index (κ2) is 8.26. The fourth-order valence-electron chi connectivity index (χ4n) is 2.81. The molecule has 1 fully saturated rings. The number of rotatable bonds is 5. The summed E-state index contributed by atoms with van der Waals surface area (Å²) in [6.45, 7) is 4.54. The molecule has 0 saturated carbocycles. The quantitative estimate of drug-likeness (QED) is 0.906. The molecule has 0 bridgehead atoms. The van der Waals surface area contributed by atoms with Crippen LogP contribution in [-0.2, 0) is 17.6 Å². The van der Waals surface area contributed by atoms with E-state index >= 15 is 0 Å². The van der Waals surface area contributed by atoms with Crippen molar-refractivity contribution >= 4 is 17.4 Å². The van der Waals surface area contributed by atoms with Gasteiger partial charge in [0.1, 0.15) is 0 Å². The Kier molecular flexibility index (Phi) is 5.82. The first-order chi connectivity index (χ1) is 11.7. The highest BCUT2D eigenvalue weighted by atomic mass is 32.1. The fraction of sp³-hybridized carbons (Fsp3) is 0.444. The van der Waals surface area contributed by atoms with Crippen LogP contribution in [0.4, 0.5) is 4.79 Å². The molecule has 1 N–H and O–H groups in total. The maximum Gasteiger partial charge on any atom is 0.317 e. The highest BCUT2D eigenvalue weighted by Gasteiger charge is 2.24. The molecule has 24 heavy (non-hydrogen) atoms. The van der Waals surface area contributed by atoms with E-state index in [0.29, 0.717) is 26.2 Å². The lowest BCUT2D eigenvalue weighted by Crippen LogP contribution is -2.50. The fourth-order valence-corrected chi connectivity index (χ4v) is 3.60. The maximum atomic E-state index is 12.3. The van der Waals surface area contributed by atoms with Gasteiger partial charge in [-0.15, -0.1) is 11.3 Å². The number of thiazole rings is 1. The Balaban J connectivity index is 1.44. The van der Waals surface area contributed by atoms with E-state index < -0.39 is 0 Å². The van der Waals surface area contributed by atoms with Gasteiger partial charge in [-0.2, -0.15) is 0 Å². The molecule has 2 amide bonds. The van der Waals surface area contributed by atoms with Gasteiger partial charge in [0, 0.05) is 43.5 Å². The van der Waals surface area contributed by atoms with Crippen LogP contribution in [0.25, 0.3) is 0 Å². The molecule has 6 heteroatoms. The van der Waals surface area contributed by atoms with E-state index in [1.54, 1.807) is 11.3 Å². The molecular formula is C18H23N3O2S. The Labute approximate surface area is 146 Å². The first-order valence-electron chi connectivity index (χ1n) is 8.30. The van der Waals surface area contributed by atoms with Crippen molar-refractivity contribution in [2.45, 2.75) is 25.9 Å². The summed E-state index contributed by atoms with van der Waals surface area (Å²) < 4.78 is 5.81. The Hall–Kier alpha value is -1.92. The zero-order valence-corrected chi connectivity index (χ0v) is 14.7. The Morgan fingerprint density at radius 3 is 3.00 bits per heavy atom. The second-order valence-electron chi connectivity index (χ2n) is 5.98. The van der Waals surface area contributed by atoms with Crippen LogP contribution in [-0.4, -0.2) is 48.3 Å². The van der Waals surface area contributed by atoms with Crippen molar-refractivity contribution in [2.75, 3.05) is 26.2 Å². The molecule has 1 aromatic heterocycles. The average molecular weight is 345 g/mol. The minimum absolute atomic E-state index is 0.00959. The van der Waals surface area contributed by atoms with Crippen molar-refractivity contribution in [3.8, 4) is 0 Å². The topological polar surface area (TPSA) is 54.5 Å². The van der Waals surface area contributed by atoms with E-state index in [4.69, 9.17) is 4.74 Å². The molecule has 1 atom stereocenters. The molecule has 1 aliphatic rings. The number of nitrogens with one attached hydrogen (secondary N) is 1. The first-order valence-corrected chi connectivity index (χ1v) is 9.12. The first kappa shape index (κ1) is 16.9. The minimum Gasteiger partial charge on any atom is -0.374 e. The third-order valence-corrected chi connectivity index (χ3v) is 4.99. The van der Waals surface area contributed by atoms with Gasteiger partial charge in [0.2, 0.25) is 0 Å². The van der Waals surface area contributed by atoms with E-state index in [1.165, 1.54) is 10.4 Å². The summed E-state index contributed by atoms with van der Waals surface area (Å²) in [5.41, 5.74) is 1.24. The average Bonchev–Trinajstić information content (AvgIpc) is 3.01. The number of hydrogen-bond donors (Lipinski definition) is 1. The van der Waals surface area contributed by atoms with Gasteiger partial charge in [-0.3, -0.25) is 0 Å². The molecule has 1 saturated heterocycles. The van der Waals surface area contributed by atoms with E-state index in [1.807, 2.05) is 36.2 Å². The third kappa shape index (κ3) is 4.79. The Morgan fingerprint density at radius 1 is 1.42 bits per heavy atom. The number of urea groups is 1. The van der Waals surface area contributed by atoms with Crippen LogP contribution in [0.3, 0.4) is 0 Å². The predicted molar refractivity (Wildman–Crippen MR) is 95.4 cm³/mol. The Morgan fingerprint density at radius 2 is 2.25 bits per heavy atom. The molecule has 1 aliphatic heterocycles. The summed E-state index contributed by atoms with van der Waals surface area (Å²) in [6, 6.07) is 10.3. The minimum atomic E-state index is -0.00959. The summed E-state index contributed by atoms with van der Waals surface area (Å²) in [5, 5.41) is 4.06. The number of nitrogens with zero attached hydrogens (tertiary/aromatic N) is 2. The second-order valence-corrected chi connectivity index (χ2v) is 7.29. The summed E-state index contributed by atoms with van der Waals surface area (Å²) in [4.78, 5) is 19.7. The smallest absolute Gasteiger partial charge is 0.317 e. The van der Waals surface area contributed by atoms with Crippen molar-refractivity contribution in [3.05, 3.63) is 52.0 Å². The molecule has 3 rings (SSSR count). The van der Waals surface area contributed by atoms with E-state index in [0.717, 1.165) is 17.8 Å². The molecular weight excluding hydrogens is 322 g/mol. The number of ether oxygens (including phenoxy) is 1. The van der Waals surface area contributed by atoms with E-state index in [-0.39, 0.29) is 12.1 Å². The van der Waals surface area contributed by atoms with Crippen LogP contribution in [0.15, 0.2) is 36.5 Å². The van der Waals surface area contributed by atoms with E-state index in [9.17, 15) is 4.79 Å². The van der Waals surface area contributed by atoms with Crippen LogP contribution in [0, 0.1) is 6.92 Å². The molecule has 128 valence electrons. The lowest BCUT2D eigenvalue weighted by molar-refractivity contribution is -0.0132. The van der Waals surface area contributed by atoms with Crippen molar-refractivity contribution in [2.24, 2.45) is 0 Å². The highest BCUT2D eigenvalue weighted by Crippen LogP contribution is 2.13. The maximum absolute atomic E-state index is 12.3. The van der Waals surface area contributed by atoms with E-state index in [2.05, 4.69) is 22.4 Å².